The van der Waals surface area contributed by atoms with Gasteiger partial charge in [0, 0.05) is 6.07 Å². The monoisotopic (exact) mass is 409 g/mol. The molecule has 0 aliphatic heterocycles. The number of nitrogens with zero attached hydrogens (tertiary/aromatic N) is 7. The third-order valence-corrected chi connectivity index (χ3v) is 5.08. The smallest absolute Gasteiger partial charge is 0.254 e. The van der Waals surface area contributed by atoms with E-state index in [2.05, 4.69) is 30.7 Å². The van der Waals surface area contributed by atoms with Crippen molar-refractivity contribution < 1.29 is 0 Å². The number of nitrogens with one attached hydrogen (secondary N) is 1. The lowest BCUT2D eigenvalue weighted by Crippen LogP contribution is -2.11. The molecule has 0 radical (unpaired) electrons. The highest BCUT2D eigenvalue weighted by Crippen LogP contribution is 2.26. The Balaban J connectivity index is 1.63. The van der Waals surface area contributed by atoms with Gasteiger partial charge in [0.1, 0.15) is 5.82 Å². The Morgan fingerprint density at radius 2 is 2.00 bits per heavy atom. The first kappa shape index (κ1) is 16.8. The molecular weight excluding hydrogens is 401 g/mol. The number of anilines is 1. The first-order valence-electron chi connectivity index (χ1n) is 7.12. The normalized spacial score (nSPS) is 11.3. The molecule has 0 spiro atoms. The van der Waals surface area contributed by atoms with E-state index in [0.717, 1.165) is 0 Å². The maximum atomic E-state index is 11.4. The number of aromatic amines is 1. The SMILES string of the molecule is Nc1cc(=O)[nH]c2nnc(SCc3nnnn3-c3ccc(Cl)c(Cl)c3)n12. The summed E-state index contributed by atoms with van der Waals surface area (Å²) in [5.41, 5.74) is 6.21. The second kappa shape index (κ2) is 6.59. The van der Waals surface area contributed by atoms with Crippen molar-refractivity contribution in [2.24, 2.45) is 0 Å². The summed E-state index contributed by atoms with van der Waals surface area (Å²) in [5.74, 6) is 1.45. The Morgan fingerprint density at radius 3 is 2.81 bits per heavy atom. The second-order valence-corrected chi connectivity index (χ2v) is 6.85. The van der Waals surface area contributed by atoms with Crippen molar-refractivity contribution in [1.29, 1.82) is 0 Å². The van der Waals surface area contributed by atoms with Gasteiger partial charge in [-0.05, 0) is 28.6 Å². The van der Waals surface area contributed by atoms with Crippen LogP contribution in [0.5, 0.6) is 0 Å². The maximum Gasteiger partial charge on any atom is 0.254 e. The number of halogens is 2. The molecule has 0 aliphatic rings. The molecule has 0 saturated heterocycles. The molecule has 0 unspecified atom stereocenters. The van der Waals surface area contributed by atoms with Gasteiger partial charge in [0.05, 0.1) is 21.5 Å². The third-order valence-electron chi connectivity index (χ3n) is 3.42. The van der Waals surface area contributed by atoms with E-state index in [9.17, 15) is 4.79 Å². The van der Waals surface area contributed by atoms with Crippen molar-refractivity contribution in [3.63, 3.8) is 0 Å². The molecule has 0 saturated carbocycles. The summed E-state index contributed by atoms with van der Waals surface area (Å²) in [5, 5.41) is 21.0. The molecule has 0 amide bonds. The Bertz CT molecular complexity index is 1170. The predicted octanol–water partition coefficient (Wildman–Crippen LogP) is 1.57. The van der Waals surface area contributed by atoms with E-state index in [1.165, 1.54) is 17.8 Å². The summed E-state index contributed by atoms with van der Waals surface area (Å²) in [4.78, 5) is 14.0. The lowest BCUT2D eigenvalue weighted by molar-refractivity contribution is 0.777. The van der Waals surface area contributed by atoms with Crippen LogP contribution < -0.4 is 11.3 Å². The summed E-state index contributed by atoms with van der Waals surface area (Å²) in [6, 6.07) is 6.36. The minimum absolute atomic E-state index is 0.236. The van der Waals surface area contributed by atoms with E-state index in [-0.39, 0.29) is 17.2 Å². The highest BCUT2D eigenvalue weighted by atomic mass is 35.5. The van der Waals surface area contributed by atoms with Crippen LogP contribution >= 0.6 is 35.0 Å². The van der Waals surface area contributed by atoms with Crippen LogP contribution in [0.3, 0.4) is 0 Å². The number of hydrogen-bond acceptors (Lipinski definition) is 8. The highest BCUT2D eigenvalue weighted by molar-refractivity contribution is 7.98. The molecule has 132 valence electrons. The molecule has 26 heavy (non-hydrogen) atoms. The Hall–Kier alpha value is -2.63. The van der Waals surface area contributed by atoms with E-state index in [1.807, 2.05) is 0 Å². The molecule has 0 atom stereocenters. The van der Waals surface area contributed by atoms with E-state index < -0.39 is 0 Å². The summed E-state index contributed by atoms with van der Waals surface area (Å²) < 4.78 is 3.09. The van der Waals surface area contributed by atoms with Crippen LogP contribution in [-0.2, 0) is 5.75 Å². The van der Waals surface area contributed by atoms with Crippen molar-refractivity contribution in [3.05, 3.63) is 50.5 Å². The lowest BCUT2D eigenvalue weighted by atomic mass is 10.3. The number of rotatable bonds is 4. The van der Waals surface area contributed by atoms with Gasteiger partial charge < -0.3 is 5.73 Å². The average Bonchev–Trinajstić information content (AvgIpc) is 3.22. The Morgan fingerprint density at radius 1 is 1.15 bits per heavy atom. The van der Waals surface area contributed by atoms with Crippen molar-refractivity contribution in [2.75, 3.05) is 5.73 Å². The molecular formula is C13H9Cl2N9OS. The average molecular weight is 410 g/mol. The molecule has 4 rings (SSSR count). The zero-order valence-corrected chi connectivity index (χ0v) is 15.1. The van der Waals surface area contributed by atoms with Crippen molar-refractivity contribution in [3.8, 4) is 5.69 Å². The van der Waals surface area contributed by atoms with Gasteiger partial charge in [-0.1, -0.05) is 35.0 Å². The van der Waals surface area contributed by atoms with Crippen LogP contribution in [0.4, 0.5) is 5.82 Å². The van der Waals surface area contributed by atoms with Gasteiger partial charge in [-0.2, -0.15) is 4.68 Å². The van der Waals surface area contributed by atoms with Crippen molar-refractivity contribution in [2.45, 2.75) is 10.9 Å². The topological polar surface area (TPSA) is 133 Å². The summed E-state index contributed by atoms with van der Waals surface area (Å²) in [7, 11) is 0. The number of benzene rings is 1. The van der Waals surface area contributed by atoms with Gasteiger partial charge in [-0.15, -0.1) is 15.3 Å². The first-order chi connectivity index (χ1) is 12.5. The molecule has 0 bridgehead atoms. The Kier molecular flexibility index (Phi) is 4.26. The van der Waals surface area contributed by atoms with Crippen LogP contribution in [0.15, 0.2) is 34.2 Å². The van der Waals surface area contributed by atoms with Gasteiger partial charge in [-0.25, -0.2) is 4.40 Å². The van der Waals surface area contributed by atoms with E-state index in [0.29, 0.717) is 32.5 Å². The molecule has 1 aromatic carbocycles. The number of hydrogen-bond donors (Lipinski definition) is 2. The summed E-state index contributed by atoms with van der Waals surface area (Å²) in [6.07, 6.45) is 0. The first-order valence-corrected chi connectivity index (χ1v) is 8.86. The number of nitrogen functional groups attached to an aromatic ring is 1. The van der Waals surface area contributed by atoms with E-state index in [4.69, 9.17) is 28.9 Å². The lowest BCUT2D eigenvalue weighted by Gasteiger charge is -2.06. The van der Waals surface area contributed by atoms with Crippen molar-refractivity contribution >= 4 is 46.6 Å². The van der Waals surface area contributed by atoms with Crippen molar-refractivity contribution in [1.82, 2.24) is 39.8 Å². The zero-order valence-electron chi connectivity index (χ0n) is 12.8. The largest absolute Gasteiger partial charge is 0.385 e. The third kappa shape index (κ3) is 3.00. The fourth-order valence-corrected chi connectivity index (χ4v) is 3.41. The quantitative estimate of drug-likeness (QED) is 0.485. The number of thioether (sulfide) groups is 1. The zero-order chi connectivity index (χ0) is 18.3. The summed E-state index contributed by atoms with van der Waals surface area (Å²) >= 11 is 13.3. The molecule has 3 heterocycles. The Labute approximate surface area is 159 Å². The minimum atomic E-state index is -0.345. The van der Waals surface area contributed by atoms with E-state index in [1.54, 1.807) is 27.3 Å². The number of nitrogens with two attached hydrogens (primary N) is 1. The molecule has 3 aromatic heterocycles. The maximum absolute atomic E-state index is 11.4. The minimum Gasteiger partial charge on any atom is -0.385 e. The van der Waals surface area contributed by atoms with Gasteiger partial charge in [0.25, 0.3) is 5.56 Å². The van der Waals surface area contributed by atoms with Crippen LogP contribution in [0.2, 0.25) is 10.0 Å². The van der Waals surface area contributed by atoms with Gasteiger partial charge in [0.15, 0.2) is 11.0 Å². The second-order valence-electron chi connectivity index (χ2n) is 5.09. The molecule has 3 N–H and O–H groups in total. The van der Waals surface area contributed by atoms with Crippen LogP contribution in [0.1, 0.15) is 5.82 Å². The van der Waals surface area contributed by atoms with Crippen LogP contribution in [0.25, 0.3) is 11.5 Å². The highest BCUT2D eigenvalue weighted by Gasteiger charge is 2.14. The number of aromatic nitrogens is 8. The van der Waals surface area contributed by atoms with Gasteiger partial charge in [-0.3, -0.25) is 9.78 Å². The van der Waals surface area contributed by atoms with Gasteiger partial charge >= 0.3 is 0 Å². The number of H-pyrrole nitrogens is 1. The molecule has 10 nitrogen and oxygen atoms in total. The molecule has 0 aliphatic carbocycles. The van der Waals surface area contributed by atoms with Gasteiger partial charge in [0.2, 0.25) is 5.78 Å². The number of fused-ring (bicyclic) bond motifs is 1. The predicted molar refractivity (Wildman–Crippen MR) is 96.8 cm³/mol. The number of tetrazole rings is 1. The van der Waals surface area contributed by atoms with Crippen LogP contribution in [-0.4, -0.2) is 39.8 Å². The van der Waals surface area contributed by atoms with E-state index >= 15 is 0 Å². The molecule has 0 fully saturated rings. The fourth-order valence-electron chi connectivity index (χ4n) is 2.26. The standard InChI is InChI=1S/C13H9Cl2N9OS/c14-7-2-1-6(3-8(7)15)24-10(18-21-22-24)5-26-13-20-19-12-17-11(25)4-9(16)23(12)13/h1-4H,5,16H2,(H,17,19,25). The molecule has 13 heteroatoms. The summed E-state index contributed by atoms with van der Waals surface area (Å²) in [6.45, 7) is 0. The van der Waals surface area contributed by atoms with Crippen LogP contribution in [0, 0.1) is 0 Å². The molecule has 4 aromatic rings. The fraction of sp³-hybridized carbons (Fsp3) is 0.0769.